The van der Waals surface area contributed by atoms with Gasteiger partial charge < -0.3 is 45.9 Å². The average Bonchev–Trinajstić information content (AvgIpc) is 1.59. The van der Waals surface area contributed by atoms with Crippen molar-refractivity contribution in [1.82, 2.24) is 30.1 Å². The summed E-state index contributed by atoms with van der Waals surface area (Å²) in [7, 11) is 2.99. The topological polar surface area (TPSA) is 225 Å². The first-order valence-electron chi connectivity index (χ1n) is 30.4. The maximum atomic E-state index is 16.2. The minimum absolute atomic E-state index is 0.0400. The first-order valence-corrected chi connectivity index (χ1v) is 31.2. The van der Waals surface area contributed by atoms with Crippen LogP contribution in [0.3, 0.4) is 0 Å². The number of nitriles is 1. The van der Waals surface area contributed by atoms with E-state index in [2.05, 4.69) is 49.1 Å². The van der Waals surface area contributed by atoms with E-state index in [1.54, 1.807) is 49.7 Å². The summed E-state index contributed by atoms with van der Waals surface area (Å²) < 4.78 is 45.3. The van der Waals surface area contributed by atoms with E-state index < -0.39 is 46.4 Å². The van der Waals surface area contributed by atoms with E-state index in [0.717, 1.165) is 56.7 Å². The maximum absolute atomic E-state index is 16.2. The van der Waals surface area contributed by atoms with Gasteiger partial charge in [0.2, 0.25) is 23.7 Å². The highest BCUT2D eigenvalue weighted by atomic mass is 35.5. The molecule has 0 saturated carbocycles. The third kappa shape index (κ3) is 15.3. The Morgan fingerprint density at radius 2 is 1.54 bits per heavy atom. The highest BCUT2D eigenvalue weighted by Gasteiger charge is 2.61. The second kappa shape index (κ2) is 29.4. The Bertz CT molecular complexity index is 3980. The Morgan fingerprint density at radius 3 is 2.24 bits per heavy atom. The van der Waals surface area contributed by atoms with E-state index in [9.17, 15) is 29.2 Å². The van der Waals surface area contributed by atoms with Gasteiger partial charge in [0, 0.05) is 102 Å². The minimum atomic E-state index is -1.81. The molecule has 0 spiro atoms. The molecular formula is C69H75Cl2F2N11O7. The van der Waals surface area contributed by atoms with Crippen molar-refractivity contribution in [3.05, 3.63) is 176 Å². The second-order valence-electron chi connectivity index (χ2n) is 24.1. The highest BCUT2D eigenvalue weighted by Crippen LogP contribution is 2.53. The van der Waals surface area contributed by atoms with E-state index in [0.29, 0.717) is 90.5 Å². The summed E-state index contributed by atoms with van der Waals surface area (Å²) in [4.78, 5) is 80.2. The van der Waals surface area contributed by atoms with E-state index in [1.165, 1.54) is 60.2 Å². The molecule has 4 heterocycles. The van der Waals surface area contributed by atoms with Crippen LogP contribution in [0.1, 0.15) is 112 Å². The Kier molecular flexibility index (Phi) is 21.5. The zero-order valence-electron chi connectivity index (χ0n) is 51.9. The Morgan fingerprint density at radius 1 is 0.835 bits per heavy atom. The van der Waals surface area contributed by atoms with Gasteiger partial charge in [-0.25, -0.2) is 13.8 Å². The van der Waals surface area contributed by atoms with Gasteiger partial charge in [-0.2, -0.15) is 10.2 Å². The predicted octanol–water partition coefficient (Wildman–Crippen LogP) is 12.7. The van der Waals surface area contributed by atoms with Crippen LogP contribution in [0.25, 0.3) is 16.7 Å². The summed E-state index contributed by atoms with van der Waals surface area (Å²) in [5.74, 6) is -3.09. The number of rotatable bonds is 24. The zero-order chi connectivity index (χ0) is 65.1. The third-order valence-electron chi connectivity index (χ3n) is 16.8. The number of aryl methyl sites for hydroxylation is 1. The van der Waals surface area contributed by atoms with E-state index >= 15 is 8.78 Å². The lowest BCUT2D eigenvalue weighted by molar-refractivity contribution is -0.131. The molecule has 4 unspecified atom stereocenters. The normalized spacial score (nSPS) is 17.3. The number of hydrogen-bond acceptors (Lipinski definition) is 13. The second-order valence-corrected chi connectivity index (χ2v) is 25.0. The van der Waals surface area contributed by atoms with Crippen molar-refractivity contribution in [2.45, 2.75) is 109 Å². The fourth-order valence-electron chi connectivity index (χ4n) is 12.2. The van der Waals surface area contributed by atoms with Gasteiger partial charge in [0.1, 0.15) is 28.5 Å². The van der Waals surface area contributed by atoms with Crippen molar-refractivity contribution in [3.63, 3.8) is 0 Å². The summed E-state index contributed by atoms with van der Waals surface area (Å²) >= 11 is 12.5. The number of methoxy groups -OCH3 is 2. The van der Waals surface area contributed by atoms with Crippen LogP contribution < -0.4 is 46.5 Å². The van der Waals surface area contributed by atoms with Crippen molar-refractivity contribution >= 4 is 86.6 Å². The number of nitrogens with one attached hydrogen (secondary N) is 5. The summed E-state index contributed by atoms with van der Waals surface area (Å²) in [6.45, 7) is 14.2. The van der Waals surface area contributed by atoms with Crippen LogP contribution in [-0.4, -0.2) is 102 Å². The molecule has 2 aromatic heterocycles. The summed E-state index contributed by atoms with van der Waals surface area (Å²) in [5, 5.41) is 27.0. The number of hydrogen-bond donors (Lipinski definition) is 5. The van der Waals surface area contributed by atoms with Crippen LogP contribution in [0.15, 0.2) is 127 Å². The van der Waals surface area contributed by atoms with E-state index in [4.69, 9.17) is 37.7 Å². The van der Waals surface area contributed by atoms with Crippen LogP contribution in [-0.2, 0) is 19.8 Å². The van der Waals surface area contributed by atoms with Gasteiger partial charge in [-0.15, -0.1) is 0 Å². The van der Waals surface area contributed by atoms with Crippen molar-refractivity contribution in [1.29, 1.82) is 5.26 Å². The highest BCUT2D eigenvalue weighted by molar-refractivity contribution is 6.31. The molecule has 2 aliphatic rings. The Labute approximate surface area is 538 Å². The summed E-state index contributed by atoms with van der Waals surface area (Å²) in [5.41, 5.74) is 1.57. The Balaban J connectivity index is 0.706. The molecular weight excluding hydrogens is 1200 g/mol. The number of anilines is 5. The van der Waals surface area contributed by atoms with E-state index in [1.807, 2.05) is 50.8 Å². The van der Waals surface area contributed by atoms with Crippen LogP contribution in [0.4, 0.5) is 37.5 Å². The lowest BCUT2D eigenvalue weighted by Crippen LogP contribution is -2.48. The number of nitrogens with zero attached hydrogens (tertiary/aromatic N) is 6. The number of piperazine rings is 1. The quantitative estimate of drug-likeness (QED) is 0.0281. The van der Waals surface area contributed by atoms with Crippen molar-refractivity contribution in [2.24, 2.45) is 5.41 Å². The standard InChI is InChI=1S/C69H75Cl2F2N11O7/c1-8-58(85)77-45-18-16-19-47(37-45)84-60(87)34-42(2)49-40-76-67(81-64(49)84)79-54-28-25-46(38-56(54)91-7)82-30-32-83(33-31-82)59(86)22-14-12-10-9-11-13-15-29-75-65(88)43-23-27-53(55(35-43)90-6)78-66(89)63-61(48-20-17-21-51(71)62(48)73)69(41-74,57(80-63)39-68(3,4)5)50-26-24-44(70)36-52(50)72/h8,16-21,23-28,34-38,40,57,61,63,80H,1,9-15,22,29-33,39H2,2-7H3,(H,75,88)(H,77,85)(H,78,89)(H,76,79,81). The summed E-state index contributed by atoms with van der Waals surface area (Å²) in [6, 6.07) is 27.4. The monoisotopic (exact) mass is 1280 g/mol. The number of ether oxygens (including phenoxy) is 2. The van der Waals surface area contributed by atoms with Crippen LogP contribution in [0.5, 0.6) is 11.5 Å². The van der Waals surface area contributed by atoms with Crippen molar-refractivity contribution in [2.75, 3.05) is 67.8 Å². The molecule has 476 valence electrons. The van der Waals surface area contributed by atoms with Crippen molar-refractivity contribution in [3.8, 4) is 23.3 Å². The first kappa shape index (κ1) is 66.5. The molecule has 7 aromatic rings. The van der Waals surface area contributed by atoms with Gasteiger partial charge in [0.15, 0.2) is 5.65 Å². The van der Waals surface area contributed by atoms with Crippen molar-refractivity contribution < 1.29 is 37.4 Å². The van der Waals surface area contributed by atoms with Gasteiger partial charge in [0.25, 0.3) is 11.5 Å². The smallest absolute Gasteiger partial charge is 0.257 e. The molecule has 2 saturated heterocycles. The molecule has 0 aliphatic carbocycles. The molecule has 18 nitrogen and oxygen atoms in total. The number of halogens is 4. The molecule has 22 heteroatoms. The first-order chi connectivity index (χ1) is 43.7. The van der Waals surface area contributed by atoms with Gasteiger partial charge in [0.05, 0.1) is 48.4 Å². The molecule has 2 fully saturated rings. The molecule has 9 rings (SSSR count). The third-order valence-corrected chi connectivity index (χ3v) is 17.3. The Hall–Kier alpha value is -8.90. The predicted molar refractivity (Wildman–Crippen MR) is 352 cm³/mol. The maximum Gasteiger partial charge on any atom is 0.257 e. The van der Waals surface area contributed by atoms with Crippen LogP contribution in [0.2, 0.25) is 10.0 Å². The average molecular weight is 1280 g/mol. The number of carbonyl (C=O) groups is 4. The zero-order valence-corrected chi connectivity index (χ0v) is 53.4. The molecule has 5 N–H and O–H groups in total. The molecule has 91 heavy (non-hydrogen) atoms. The number of amides is 4. The van der Waals surface area contributed by atoms with Gasteiger partial charge in [-0.1, -0.05) is 107 Å². The summed E-state index contributed by atoms with van der Waals surface area (Å²) in [6.07, 6.45) is 10.0. The number of carbonyl (C=O) groups excluding carboxylic acids is 4. The van der Waals surface area contributed by atoms with Crippen LogP contribution in [0, 0.1) is 35.3 Å². The van der Waals surface area contributed by atoms with Crippen LogP contribution >= 0.6 is 23.2 Å². The number of aromatic nitrogens is 3. The molecule has 4 amide bonds. The lowest BCUT2D eigenvalue weighted by Gasteiger charge is -2.37. The van der Waals surface area contributed by atoms with Gasteiger partial charge in [-0.05, 0) is 116 Å². The SMILES string of the molecule is C=CC(=O)Nc1cccc(-n2c(=O)cc(C)c3cnc(Nc4ccc(N5CCN(C(=O)CCCCCCCCCNC(=O)c6ccc(NC(=O)C7NC(CC(C)(C)C)C(C#N)(c8ccc(Cl)cc8F)C7c7cccc(Cl)c7F)c(OC)c6)CC5)cc4OC)nc32)c1. The largest absolute Gasteiger partial charge is 0.495 e. The molecule has 2 aliphatic heterocycles. The molecule has 0 bridgehead atoms. The van der Waals surface area contributed by atoms with E-state index in [-0.39, 0.29) is 61.8 Å². The number of benzene rings is 5. The number of fused-ring (bicyclic) bond motifs is 1. The van der Waals surface area contributed by atoms with Gasteiger partial charge in [-0.3, -0.25) is 28.5 Å². The van der Waals surface area contributed by atoms with Gasteiger partial charge >= 0.3 is 0 Å². The molecule has 5 aromatic carbocycles. The fraction of sp³-hybridized carbons (Fsp3) is 0.362. The number of unbranched alkanes of at least 4 members (excludes halogenated alkanes) is 6. The molecule has 0 radical (unpaired) electrons. The molecule has 4 atom stereocenters. The lowest BCUT2D eigenvalue weighted by atomic mass is 9.62. The number of pyridine rings is 1. The minimum Gasteiger partial charge on any atom is -0.495 e. The fourth-order valence-corrected chi connectivity index (χ4v) is 12.6.